The lowest BCUT2D eigenvalue weighted by molar-refractivity contribution is -0.134. The number of morpholine rings is 1. The Labute approximate surface area is 141 Å². The molecular formula is C16H25N3O3S. The zero-order valence-corrected chi connectivity index (χ0v) is 14.6. The van der Waals surface area contributed by atoms with Crippen molar-refractivity contribution in [2.24, 2.45) is 5.92 Å². The highest BCUT2D eigenvalue weighted by atomic mass is 32.1. The van der Waals surface area contributed by atoms with Crippen molar-refractivity contribution in [3.05, 3.63) is 16.6 Å². The van der Waals surface area contributed by atoms with Gasteiger partial charge in [0.25, 0.3) is 0 Å². The second-order valence-electron chi connectivity index (χ2n) is 6.51. The van der Waals surface area contributed by atoms with Crippen LogP contribution in [0.4, 0.5) is 0 Å². The van der Waals surface area contributed by atoms with E-state index in [0.717, 1.165) is 32.5 Å². The van der Waals surface area contributed by atoms with E-state index in [1.807, 2.05) is 11.6 Å². The molecule has 1 aliphatic carbocycles. The maximum Gasteiger partial charge on any atom is 0.248 e. The minimum atomic E-state index is 0.0158. The molecule has 2 aliphatic rings. The number of thiazole rings is 1. The molecule has 0 unspecified atom stereocenters. The van der Waals surface area contributed by atoms with E-state index in [0.29, 0.717) is 24.7 Å². The molecule has 0 spiro atoms. The predicted molar refractivity (Wildman–Crippen MR) is 88.3 cm³/mol. The average molecular weight is 339 g/mol. The highest BCUT2D eigenvalue weighted by Crippen LogP contribution is 2.35. The van der Waals surface area contributed by atoms with Crippen LogP contribution in [0.2, 0.25) is 0 Å². The predicted octanol–water partition coefficient (Wildman–Crippen LogP) is 1.23. The summed E-state index contributed by atoms with van der Waals surface area (Å²) in [6, 6.07) is 0.450. The first kappa shape index (κ1) is 16.8. The number of amides is 1. The average Bonchev–Trinajstić information content (AvgIpc) is 3.16. The number of hydrogen-bond donors (Lipinski definition) is 0. The van der Waals surface area contributed by atoms with Crippen molar-refractivity contribution in [1.29, 1.82) is 0 Å². The minimum Gasteiger partial charge on any atom is -0.375 e. The molecule has 0 bridgehead atoms. The molecule has 7 heteroatoms. The highest BCUT2D eigenvalue weighted by Gasteiger charge is 2.41. The third kappa shape index (κ3) is 4.29. The molecule has 1 saturated heterocycles. The zero-order chi connectivity index (χ0) is 16.2. The first-order valence-corrected chi connectivity index (χ1v) is 9.03. The van der Waals surface area contributed by atoms with E-state index in [9.17, 15) is 4.79 Å². The number of likely N-dealkylation sites (N-methyl/N-ethyl adjacent to an activating group) is 1. The van der Waals surface area contributed by atoms with Gasteiger partial charge in [-0.15, -0.1) is 11.3 Å². The molecule has 1 amide bonds. The Balaban J connectivity index is 1.49. The summed E-state index contributed by atoms with van der Waals surface area (Å²) in [5, 5.41) is 3.20. The molecule has 2 fully saturated rings. The number of aromatic nitrogens is 1. The summed E-state index contributed by atoms with van der Waals surface area (Å²) >= 11 is 1.71. The van der Waals surface area contributed by atoms with Gasteiger partial charge in [-0.05, 0) is 18.8 Å². The Bertz CT molecular complexity index is 509. The van der Waals surface area contributed by atoms with Crippen LogP contribution in [-0.2, 0) is 20.8 Å². The van der Waals surface area contributed by atoms with Gasteiger partial charge in [0.1, 0.15) is 11.6 Å². The van der Waals surface area contributed by atoms with Crippen LogP contribution < -0.4 is 0 Å². The lowest BCUT2D eigenvalue weighted by atomic mass is 10.1. The normalized spacial score (nSPS) is 27.8. The number of ether oxygens (including phenoxy) is 2. The summed E-state index contributed by atoms with van der Waals surface area (Å²) in [5.41, 5.74) is 0. The fourth-order valence-corrected chi connectivity index (χ4v) is 4.05. The van der Waals surface area contributed by atoms with Crippen molar-refractivity contribution in [3.63, 3.8) is 0 Å². The third-order valence-corrected chi connectivity index (χ3v) is 5.41. The van der Waals surface area contributed by atoms with Crippen molar-refractivity contribution in [2.45, 2.75) is 31.5 Å². The summed E-state index contributed by atoms with van der Waals surface area (Å²) in [7, 11) is 3.50. The Hall–Kier alpha value is -1.02. The number of rotatable bonds is 6. The summed E-state index contributed by atoms with van der Waals surface area (Å²) in [5.74, 6) is 0.485. The monoisotopic (exact) mass is 339 g/mol. The van der Waals surface area contributed by atoms with E-state index in [4.69, 9.17) is 9.47 Å². The summed E-state index contributed by atoms with van der Waals surface area (Å²) < 4.78 is 11.6. The molecule has 0 radical (unpaired) electrons. The zero-order valence-electron chi connectivity index (χ0n) is 13.8. The van der Waals surface area contributed by atoms with Crippen LogP contribution >= 0.6 is 11.3 Å². The Morgan fingerprint density at radius 2 is 2.39 bits per heavy atom. The Kier molecular flexibility index (Phi) is 5.63. The van der Waals surface area contributed by atoms with Gasteiger partial charge >= 0.3 is 0 Å². The highest BCUT2D eigenvalue weighted by molar-refractivity contribution is 7.09. The quantitative estimate of drug-likeness (QED) is 0.780. The lowest BCUT2D eigenvalue weighted by Gasteiger charge is -2.37. The molecule has 3 rings (SSSR count). The van der Waals surface area contributed by atoms with Gasteiger partial charge in [0.15, 0.2) is 0 Å². The smallest absolute Gasteiger partial charge is 0.248 e. The molecule has 1 aromatic rings. The largest absolute Gasteiger partial charge is 0.375 e. The van der Waals surface area contributed by atoms with E-state index in [2.05, 4.69) is 9.88 Å². The molecule has 6 nitrogen and oxygen atoms in total. The van der Waals surface area contributed by atoms with Crippen LogP contribution in [0.1, 0.15) is 17.8 Å². The molecule has 0 aromatic carbocycles. The third-order valence-electron chi connectivity index (χ3n) is 4.65. The van der Waals surface area contributed by atoms with Crippen molar-refractivity contribution < 1.29 is 14.3 Å². The van der Waals surface area contributed by atoms with Crippen molar-refractivity contribution in [3.8, 4) is 0 Å². The molecule has 1 saturated carbocycles. The van der Waals surface area contributed by atoms with Crippen molar-refractivity contribution in [1.82, 2.24) is 14.8 Å². The van der Waals surface area contributed by atoms with Gasteiger partial charge in [-0.3, -0.25) is 9.69 Å². The topological polar surface area (TPSA) is 54.9 Å². The molecule has 1 aliphatic heterocycles. The summed E-state index contributed by atoms with van der Waals surface area (Å²) in [4.78, 5) is 20.0. The fourth-order valence-electron chi connectivity index (χ4n) is 3.40. The van der Waals surface area contributed by atoms with E-state index < -0.39 is 0 Å². The van der Waals surface area contributed by atoms with Crippen LogP contribution in [0.15, 0.2) is 11.6 Å². The Morgan fingerprint density at radius 3 is 3.13 bits per heavy atom. The minimum absolute atomic E-state index is 0.0158. The van der Waals surface area contributed by atoms with E-state index in [-0.39, 0.29) is 12.5 Å². The first-order chi connectivity index (χ1) is 11.1. The van der Waals surface area contributed by atoms with Crippen LogP contribution in [0.3, 0.4) is 0 Å². The van der Waals surface area contributed by atoms with Crippen LogP contribution in [-0.4, -0.2) is 73.3 Å². The van der Waals surface area contributed by atoms with E-state index in [1.54, 1.807) is 30.3 Å². The maximum absolute atomic E-state index is 11.6. The van der Waals surface area contributed by atoms with Gasteiger partial charge in [-0.25, -0.2) is 4.98 Å². The SMILES string of the molecule is CN(C)C(=O)COC[C@@H]1C[C@H]2OCCN(Cc3nccs3)[C@H]2C1. The molecule has 1 aromatic heterocycles. The molecule has 2 heterocycles. The van der Waals surface area contributed by atoms with Gasteiger partial charge in [-0.2, -0.15) is 0 Å². The van der Waals surface area contributed by atoms with Gasteiger partial charge in [0.05, 0.1) is 25.9 Å². The Morgan fingerprint density at radius 1 is 1.52 bits per heavy atom. The fraction of sp³-hybridized carbons (Fsp3) is 0.750. The number of nitrogens with zero attached hydrogens (tertiary/aromatic N) is 3. The molecule has 128 valence electrons. The van der Waals surface area contributed by atoms with E-state index in [1.165, 1.54) is 5.01 Å². The maximum atomic E-state index is 11.6. The van der Waals surface area contributed by atoms with Crippen molar-refractivity contribution >= 4 is 17.2 Å². The molecule has 0 N–H and O–H groups in total. The first-order valence-electron chi connectivity index (χ1n) is 8.15. The van der Waals surface area contributed by atoms with E-state index >= 15 is 0 Å². The molecule has 3 atom stereocenters. The molecular weight excluding hydrogens is 314 g/mol. The van der Waals surface area contributed by atoms with Crippen LogP contribution in [0.5, 0.6) is 0 Å². The number of hydrogen-bond acceptors (Lipinski definition) is 6. The summed E-state index contributed by atoms with van der Waals surface area (Å²) in [6.07, 6.45) is 4.26. The lowest BCUT2D eigenvalue weighted by Crippen LogP contribution is -2.47. The van der Waals surface area contributed by atoms with Crippen molar-refractivity contribution in [2.75, 3.05) is 40.5 Å². The summed E-state index contributed by atoms with van der Waals surface area (Å²) in [6.45, 7) is 3.48. The number of carbonyl (C=O) groups excluding carboxylic acids is 1. The van der Waals surface area contributed by atoms with Gasteiger partial charge in [-0.1, -0.05) is 0 Å². The van der Waals surface area contributed by atoms with Gasteiger partial charge < -0.3 is 14.4 Å². The second kappa shape index (κ2) is 7.70. The molecule has 23 heavy (non-hydrogen) atoms. The van der Waals surface area contributed by atoms with Crippen LogP contribution in [0, 0.1) is 5.92 Å². The number of carbonyl (C=O) groups is 1. The second-order valence-corrected chi connectivity index (χ2v) is 7.49. The van der Waals surface area contributed by atoms with Gasteiger partial charge in [0.2, 0.25) is 5.91 Å². The standard InChI is InChI=1S/C16H25N3O3S/c1-18(2)16(20)11-21-10-12-7-13-14(8-12)22-5-4-19(13)9-15-17-3-6-23-15/h3,6,12-14H,4-5,7-11H2,1-2H3/t12-,13-,14+/m0/s1. The van der Waals surface area contributed by atoms with Gasteiger partial charge in [0, 0.05) is 38.3 Å². The van der Waals surface area contributed by atoms with Crippen LogP contribution in [0.25, 0.3) is 0 Å². The number of fused-ring (bicyclic) bond motifs is 1.